The van der Waals surface area contributed by atoms with Crippen LogP contribution >= 0.6 is 34.8 Å². The third-order valence-electron chi connectivity index (χ3n) is 8.85. The van der Waals surface area contributed by atoms with E-state index >= 15 is 0 Å². The summed E-state index contributed by atoms with van der Waals surface area (Å²) in [6, 6.07) is 13.5. The fourth-order valence-electron chi connectivity index (χ4n) is 6.51. The smallest absolute Gasteiger partial charge is 0.220 e. The highest BCUT2D eigenvalue weighted by molar-refractivity contribution is 6.39. The van der Waals surface area contributed by atoms with Gasteiger partial charge in [-0.1, -0.05) is 53.0 Å². The van der Waals surface area contributed by atoms with Gasteiger partial charge in [-0.25, -0.2) is 4.98 Å². The zero-order valence-corrected chi connectivity index (χ0v) is 29.3. The summed E-state index contributed by atoms with van der Waals surface area (Å²) in [5.41, 5.74) is 7.18. The molecule has 0 bridgehead atoms. The van der Waals surface area contributed by atoms with Crippen LogP contribution in [0.3, 0.4) is 0 Å². The van der Waals surface area contributed by atoms with Crippen molar-refractivity contribution in [1.29, 1.82) is 0 Å². The molecule has 1 saturated heterocycles. The van der Waals surface area contributed by atoms with Crippen LogP contribution < -0.4 is 20.1 Å². The Kier molecular flexibility index (Phi) is 10.7. The number of hydrogen-bond acceptors (Lipinski definition) is 8. The van der Waals surface area contributed by atoms with E-state index < -0.39 is 6.10 Å². The number of benzene rings is 2. The van der Waals surface area contributed by atoms with Gasteiger partial charge in [-0.2, -0.15) is 0 Å². The number of pyridine rings is 2. The average molecular weight is 711 g/mol. The van der Waals surface area contributed by atoms with Crippen LogP contribution in [-0.4, -0.2) is 71.9 Å². The van der Waals surface area contributed by atoms with Crippen molar-refractivity contribution in [3.63, 3.8) is 0 Å². The third kappa shape index (κ3) is 7.27. The van der Waals surface area contributed by atoms with Gasteiger partial charge in [0.05, 0.1) is 46.8 Å². The van der Waals surface area contributed by atoms with Crippen molar-refractivity contribution >= 4 is 40.7 Å². The second-order valence-electron chi connectivity index (χ2n) is 12.2. The summed E-state index contributed by atoms with van der Waals surface area (Å²) in [6.45, 7) is 5.01. The molecule has 1 fully saturated rings. The first kappa shape index (κ1) is 34.4. The van der Waals surface area contributed by atoms with E-state index in [0.717, 1.165) is 53.0 Å². The summed E-state index contributed by atoms with van der Waals surface area (Å²) in [7, 11) is 3.22. The molecule has 0 unspecified atom stereocenters. The predicted molar refractivity (Wildman–Crippen MR) is 190 cm³/mol. The van der Waals surface area contributed by atoms with E-state index in [1.54, 1.807) is 33.4 Å². The van der Waals surface area contributed by atoms with E-state index in [1.165, 1.54) is 5.56 Å². The minimum absolute atomic E-state index is 0.0763. The minimum Gasteiger partial charge on any atom is -0.496 e. The molecule has 6 rings (SSSR count). The molecule has 2 aliphatic rings. The maximum Gasteiger partial charge on any atom is 0.220 e. The second kappa shape index (κ2) is 15.0. The van der Waals surface area contributed by atoms with E-state index in [0.29, 0.717) is 70.5 Å². The second-order valence-corrected chi connectivity index (χ2v) is 13.4. The lowest BCUT2D eigenvalue weighted by Crippen LogP contribution is -2.35. The summed E-state index contributed by atoms with van der Waals surface area (Å²) in [6.07, 6.45) is 3.50. The highest BCUT2D eigenvalue weighted by atomic mass is 35.5. The van der Waals surface area contributed by atoms with Crippen LogP contribution in [-0.2, 0) is 24.3 Å². The number of aromatic nitrogens is 2. The van der Waals surface area contributed by atoms with Gasteiger partial charge in [-0.05, 0) is 49.6 Å². The van der Waals surface area contributed by atoms with Gasteiger partial charge in [0.15, 0.2) is 0 Å². The fraction of sp³-hybridized carbons (Fsp3) is 0.361. The van der Waals surface area contributed by atoms with Crippen molar-refractivity contribution in [2.24, 2.45) is 0 Å². The van der Waals surface area contributed by atoms with Gasteiger partial charge in [0.2, 0.25) is 11.8 Å². The Labute approximate surface area is 295 Å². The molecule has 252 valence electrons. The normalized spacial score (nSPS) is 16.8. The molecule has 4 aromatic rings. The van der Waals surface area contributed by atoms with Crippen LogP contribution in [0, 0.1) is 0 Å². The van der Waals surface area contributed by atoms with E-state index in [-0.39, 0.29) is 11.9 Å². The molecular weight excluding hydrogens is 673 g/mol. The number of nitrogens with one attached hydrogen (secondary N) is 2. The quantitative estimate of drug-likeness (QED) is 0.161. The molecule has 4 heterocycles. The largest absolute Gasteiger partial charge is 0.496 e. The van der Waals surface area contributed by atoms with Crippen molar-refractivity contribution in [3.8, 4) is 45.3 Å². The van der Waals surface area contributed by atoms with Gasteiger partial charge in [-0.15, -0.1) is 0 Å². The lowest BCUT2D eigenvalue weighted by Gasteiger charge is -2.31. The third-order valence-corrected chi connectivity index (χ3v) is 9.98. The molecule has 48 heavy (non-hydrogen) atoms. The number of carbonyl (C=O) groups excluding carboxylic acids is 1. The van der Waals surface area contributed by atoms with Crippen molar-refractivity contribution in [2.75, 3.05) is 33.9 Å². The average Bonchev–Trinajstić information content (AvgIpc) is 3.49. The minimum atomic E-state index is -0.400. The monoisotopic (exact) mass is 709 g/mol. The Hall–Kier alpha value is -3.44. The summed E-state index contributed by atoms with van der Waals surface area (Å²) in [4.78, 5) is 23.2. The number of methoxy groups -OCH3 is 2. The number of β-amino-alcohol motifs (C(OH)–C–C–N with tert-alkyl or cyclic N) is 1. The zero-order chi connectivity index (χ0) is 33.9. The molecule has 0 radical (unpaired) electrons. The highest BCUT2D eigenvalue weighted by Gasteiger charge is 2.25. The van der Waals surface area contributed by atoms with Crippen LogP contribution in [0.4, 0.5) is 0 Å². The SMILES string of the molecule is COc1cc(-c2nccc(-c3cccc(-c4cc(Cl)c(CNC[C@@H]5CCC(=O)N5)c(OC)n4)c3Cl)c2Cl)cc2c1CN(C[C@@H](C)O)CC2. The molecule has 3 N–H and O–H groups in total. The number of halogens is 3. The molecule has 0 spiro atoms. The van der Waals surface area contributed by atoms with E-state index in [9.17, 15) is 9.90 Å². The first-order chi connectivity index (χ1) is 23.2. The molecule has 2 aliphatic heterocycles. The van der Waals surface area contributed by atoms with Gasteiger partial charge in [0.25, 0.3) is 0 Å². The van der Waals surface area contributed by atoms with Crippen LogP contribution in [0.15, 0.2) is 48.7 Å². The molecule has 2 atom stereocenters. The summed E-state index contributed by atoms with van der Waals surface area (Å²) in [5.74, 6) is 1.23. The Morgan fingerprint density at radius 2 is 1.85 bits per heavy atom. The summed E-state index contributed by atoms with van der Waals surface area (Å²) >= 11 is 21.0. The number of hydrogen-bond donors (Lipinski definition) is 3. The van der Waals surface area contributed by atoms with E-state index in [1.807, 2.05) is 30.3 Å². The molecule has 12 heteroatoms. The highest BCUT2D eigenvalue weighted by Crippen LogP contribution is 2.43. The van der Waals surface area contributed by atoms with E-state index in [4.69, 9.17) is 49.3 Å². The lowest BCUT2D eigenvalue weighted by molar-refractivity contribution is -0.119. The number of nitrogens with zero attached hydrogens (tertiary/aromatic N) is 3. The number of carbonyl (C=O) groups is 1. The van der Waals surface area contributed by atoms with Crippen molar-refractivity contribution in [1.82, 2.24) is 25.5 Å². The van der Waals surface area contributed by atoms with Gasteiger partial charge in [0.1, 0.15) is 5.75 Å². The first-order valence-corrected chi connectivity index (χ1v) is 17.1. The van der Waals surface area contributed by atoms with Gasteiger partial charge in [-0.3, -0.25) is 14.7 Å². The number of aliphatic hydroxyl groups excluding tert-OH is 1. The van der Waals surface area contributed by atoms with Crippen molar-refractivity contribution < 1.29 is 19.4 Å². The number of fused-ring (bicyclic) bond motifs is 1. The Morgan fingerprint density at radius 3 is 2.58 bits per heavy atom. The standard InChI is InChI=1S/C36H38Cl3N5O4/c1-20(45)18-44-12-10-21-13-22(14-31(47-2)28(21)19-44)35-34(39)25(9-11-41-35)24-5-4-6-26(33(24)38)30-15-29(37)27(36(43-30)48-3)17-40-16-23-7-8-32(46)42-23/h4-6,9,11,13-15,20,23,40,45H,7-8,10,12,16-19H2,1-3H3,(H,42,46)/t20-,23+/m1/s1. The first-order valence-electron chi connectivity index (χ1n) is 15.9. The molecular formula is C36H38Cl3N5O4. The van der Waals surface area contributed by atoms with Gasteiger partial charge in [0, 0.05) is 84.8 Å². The number of rotatable bonds is 11. The lowest BCUT2D eigenvalue weighted by atomic mass is 9.93. The molecule has 2 aromatic heterocycles. The Balaban J connectivity index is 1.29. The van der Waals surface area contributed by atoms with E-state index in [2.05, 4.69) is 26.6 Å². The van der Waals surface area contributed by atoms with Gasteiger partial charge >= 0.3 is 0 Å². The molecule has 0 aliphatic carbocycles. The molecule has 0 saturated carbocycles. The summed E-state index contributed by atoms with van der Waals surface area (Å²) in [5, 5.41) is 17.6. The van der Waals surface area contributed by atoms with Crippen LogP contribution in [0.5, 0.6) is 11.6 Å². The Morgan fingerprint density at radius 1 is 1.06 bits per heavy atom. The summed E-state index contributed by atoms with van der Waals surface area (Å²) < 4.78 is 11.5. The van der Waals surface area contributed by atoms with Crippen LogP contribution in [0.1, 0.15) is 36.5 Å². The zero-order valence-electron chi connectivity index (χ0n) is 27.1. The van der Waals surface area contributed by atoms with Crippen LogP contribution in [0.25, 0.3) is 33.6 Å². The van der Waals surface area contributed by atoms with Gasteiger partial charge < -0.3 is 25.2 Å². The van der Waals surface area contributed by atoms with Crippen molar-refractivity contribution in [3.05, 3.63) is 80.4 Å². The predicted octanol–water partition coefficient (Wildman–Crippen LogP) is 6.56. The van der Waals surface area contributed by atoms with Crippen molar-refractivity contribution in [2.45, 2.75) is 51.4 Å². The number of ether oxygens (including phenoxy) is 2. The fourth-order valence-corrected chi connectivity index (χ4v) is 7.41. The number of aliphatic hydroxyl groups is 1. The Bertz CT molecular complexity index is 1820. The molecule has 9 nitrogen and oxygen atoms in total. The number of amides is 1. The molecule has 1 amide bonds. The molecule has 2 aromatic carbocycles. The maximum absolute atomic E-state index is 11.5. The maximum atomic E-state index is 11.5. The topological polar surface area (TPSA) is 109 Å². The van der Waals surface area contributed by atoms with Crippen LogP contribution in [0.2, 0.25) is 15.1 Å².